The number of nitrogens with one attached hydrogen (secondary N) is 1. The summed E-state index contributed by atoms with van der Waals surface area (Å²) in [5, 5.41) is 4.86. The first-order chi connectivity index (χ1) is 15.1. The first-order valence-electron chi connectivity index (χ1n) is 11.3. The van der Waals surface area contributed by atoms with E-state index < -0.39 is 0 Å². The lowest BCUT2D eigenvalue weighted by Gasteiger charge is -2.20. The van der Waals surface area contributed by atoms with Gasteiger partial charge in [-0.05, 0) is 70.1 Å². The number of aromatic nitrogens is 1. The molecule has 1 aromatic heterocycles. The summed E-state index contributed by atoms with van der Waals surface area (Å²) in [5.41, 5.74) is 2.77. The molecular weight excluding hydrogens is 402 g/mol. The van der Waals surface area contributed by atoms with E-state index in [1.54, 1.807) is 11.8 Å². The van der Waals surface area contributed by atoms with Crippen LogP contribution in [0.5, 0.6) is 0 Å². The summed E-state index contributed by atoms with van der Waals surface area (Å²) in [4.78, 5) is 21.4. The van der Waals surface area contributed by atoms with Crippen molar-refractivity contribution in [2.45, 2.75) is 50.0 Å². The number of nitrogens with zero attached hydrogens (tertiary/aromatic N) is 2. The molecule has 164 valence electrons. The van der Waals surface area contributed by atoms with Gasteiger partial charge in [0.2, 0.25) is 0 Å². The van der Waals surface area contributed by atoms with Crippen LogP contribution in [0.2, 0.25) is 0 Å². The minimum atomic E-state index is -0.0260. The molecule has 1 N–H and O–H groups in total. The van der Waals surface area contributed by atoms with Gasteiger partial charge in [0, 0.05) is 16.8 Å². The van der Waals surface area contributed by atoms with Gasteiger partial charge in [0.1, 0.15) is 5.03 Å². The lowest BCUT2D eigenvalue weighted by atomic mass is 10.1. The molecule has 0 saturated heterocycles. The van der Waals surface area contributed by atoms with Crippen LogP contribution in [-0.2, 0) is 0 Å². The Hall–Kier alpha value is -2.37. The molecule has 3 aromatic rings. The minimum Gasteiger partial charge on any atom is -0.352 e. The summed E-state index contributed by atoms with van der Waals surface area (Å²) in [7, 11) is 0. The Balaban J connectivity index is 1.70. The van der Waals surface area contributed by atoms with E-state index in [1.807, 2.05) is 30.3 Å². The van der Waals surface area contributed by atoms with Crippen molar-refractivity contribution in [3.05, 3.63) is 65.7 Å². The molecule has 5 heteroatoms. The molecule has 0 aliphatic heterocycles. The van der Waals surface area contributed by atoms with Crippen molar-refractivity contribution in [2.24, 2.45) is 0 Å². The summed E-state index contributed by atoms with van der Waals surface area (Å²) in [5.74, 6) is -0.0260. The molecule has 0 aliphatic carbocycles. The Kier molecular flexibility index (Phi) is 8.92. The van der Waals surface area contributed by atoms with E-state index in [0.717, 1.165) is 59.7 Å². The Morgan fingerprint density at radius 3 is 2.42 bits per heavy atom. The average Bonchev–Trinajstić information content (AvgIpc) is 2.78. The van der Waals surface area contributed by atoms with E-state index in [-0.39, 0.29) is 5.91 Å². The SMILES string of the molecule is CCCN(CCC)CCCNC(=O)c1cc(Sc2ccc(C)cc2)nc2ccccc12. The number of hydrogen-bond donors (Lipinski definition) is 1. The maximum Gasteiger partial charge on any atom is 0.252 e. The summed E-state index contributed by atoms with van der Waals surface area (Å²) < 4.78 is 0. The Morgan fingerprint density at radius 1 is 1.00 bits per heavy atom. The molecule has 0 bridgehead atoms. The zero-order valence-electron chi connectivity index (χ0n) is 18.9. The van der Waals surface area contributed by atoms with Gasteiger partial charge in [0.05, 0.1) is 11.1 Å². The van der Waals surface area contributed by atoms with Crippen molar-refractivity contribution in [3.8, 4) is 0 Å². The second kappa shape index (κ2) is 11.9. The van der Waals surface area contributed by atoms with Gasteiger partial charge in [-0.1, -0.05) is 61.5 Å². The maximum atomic E-state index is 13.0. The molecule has 0 aliphatic rings. The summed E-state index contributed by atoms with van der Waals surface area (Å²) in [6.07, 6.45) is 3.29. The summed E-state index contributed by atoms with van der Waals surface area (Å²) >= 11 is 1.59. The molecule has 3 rings (SSSR count). The van der Waals surface area contributed by atoms with Crippen LogP contribution in [-0.4, -0.2) is 42.0 Å². The molecule has 0 atom stereocenters. The number of fused-ring (bicyclic) bond motifs is 1. The Labute approximate surface area is 190 Å². The number of carbonyl (C=O) groups excluding carboxylic acids is 1. The normalized spacial score (nSPS) is 11.2. The molecule has 2 aromatic carbocycles. The number of rotatable bonds is 11. The molecule has 0 saturated carbocycles. The predicted molar refractivity (Wildman–Crippen MR) is 131 cm³/mol. The van der Waals surface area contributed by atoms with Crippen LogP contribution in [0.1, 0.15) is 49.0 Å². The molecule has 31 heavy (non-hydrogen) atoms. The number of aryl methyl sites for hydroxylation is 1. The highest BCUT2D eigenvalue weighted by Crippen LogP contribution is 2.30. The number of amides is 1. The largest absolute Gasteiger partial charge is 0.352 e. The van der Waals surface area contributed by atoms with Crippen molar-refractivity contribution in [1.29, 1.82) is 0 Å². The van der Waals surface area contributed by atoms with E-state index in [4.69, 9.17) is 4.98 Å². The third-order valence-corrected chi connectivity index (χ3v) is 6.12. The summed E-state index contributed by atoms with van der Waals surface area (Å²) in [6, 6.07) is 18.2. The van der Waals surface area contributed by atoms with E-state index in [0.29, 0.717) is 12.1 Å². The van der Waals surface area contributed by atoms with Gasteiger partial charge >= 0.3 is 0 Å². The first-order valence-corrected chi connectivity index (χ1v) is 12.1. The second-order valence-corrected chi connectivity index (χ2v) is 8.99. The van der Waals surface area contributed by atoms with Crippen molar-refractivity contribution in [3.63, 3.8) is 0 Å². The zero-order chi connectivity index (χ0) is 22.1. The van der Waals surface area contributed by atoms with Crippen molar-refractivity contribution in [1.82, 2.24) is 15.2 Å². The quantitative estimate of drug-likeness (QED) is 0.379. The van der Waals surface area contributed by atoms with Crippen LogP contribution < -0.4 is 5.32 Å². The molecule has 0 radical (unpaired) electrons. The highest BCUT2D eigenvalue weighted by atomic mass is 32.2. The predicted octanol–water partition coefficient (Wildman–Crippen LogP) is 5.94. The fourth-order valence-corrected chi connectivity index (χ4v) is 4.52. The number of hydrogen-bond acceptors (Lipinski definition) is 4. The highest BCUT2D eigenvalue weighted by Gasteiger charge is 2.14. The van der Waals surface area contributed by atoms with E-state index in [1.165, 1.54) is 5.56 Å². The van der Waals surface area contributed by atoms with Gasteiger partial charge in [-0.3, -0.25) is 4.79 Å². The molecule has 0 spiro atoms. The number of pyridine rings is 1. The Morgan fingerprint density at radius 2 is 1.71 bits per heavy atom. The lowest BCUT2D eigenvalue weighted by molar-refractivity contribution is 0.0953. The minimum absolute atomic E-state index is 0.0260. The number of benzene rings is 2. The van der Waals surface area contributed by atoms with E-state index >= 15 is 0 Å². The van der Waals surface area contributed by atoms with Crippen LogP contribution in [0.3, 0.4) is 0 Å². The molecule has 4 nitrogen and oxygen atoms in total. The molecule has 0 fully saturated rings. The molecular formula is C26H33N3OS. The molecule has 0 unspecified atom stereocenters. The Bertz CT molecular complexity index is 982. The van der Waals surface area contributed by atoms with Crippen molar-refractivity contribution >= 4 is 28.6 Å². The fourth-order valence-electron chi connectivity index (χ4n) is 3.69. The van der Waals surface area contributed by atoms with Crippen LogP contribution in [0.25, 0.3) is 10.9 Å². The van der Waals surface area contributed by atoms with Crippen LogP contribution in [0, 0.1) is 6.92 Å². The maximum absolute atomic E-state index is 13.0. The first kappa shape index (κ1) is 23.3. The van der Waals surface area contributed by atoms with Gasteiger partial charge in [-0.2, -0.15) is 0 Å². The highest BCUT2D eigenvalue weighted by molar-refractivity contribution is 7.99. The third-order valence-electron chi connectivity index (χ3n) is 5.20. The fraction of sp³-hybridized carbons (Fsp3) is 0.385. The standard InChI is InChI=1S/C26H33N3OS/c1-4-16-29(17-5-2)18-8-15-27-26(30)23-19-25(28-24-10-7-6-9-22(23)24)31-21-13-11-20(3)12-14-21/h6-7,9-14,19H,4-5,8,15-18H2,1-3H3,(H,27,30). The second-order valence-electron chi connectivity index (χ2n) is 7.89. The topological polar surface area (TPSA) is 45.2 Å². The molecule has 1 amide bonds. The summed E-state index contributed by atoms with van der Waals surface area (Å²) in [6.45, 7) is 10.4. The van der Waals surface area contributed by atoms with Crippen LogP contribution in [0.15, 0.2) is 64.5 Å². The molecule has 1 heterocycles. The van der Waals surface area contributed by atoms with Crippen molar-refractivity contribution in [2.75, 3.05) is 26.2 Å². The van der Waals surface area contributed by atoms with Crippen molar-refractivity contribution < 1.29 is 4.79 Å². The third kappa shape index (κ3) is 6.81. The lowest BCUT2D eigenvalue weighted by Crippen LogP contribution is -2.31. The van der Waals surface area contributed by atoms with Gasteiger partial charge in [-0.15, -0.1) is 0 Å². The average molecular weight is 436 g/mol. The van der Waals surface area contributed by atoms with Gasteiger partial charge in [-0.25, -0.2) is 4.98 Å². The van der Waals surface area contributed by atoms with Gasteiger partial charge < -0.3 is 10.2 Å². The van der Waals surface area contributed by atoms with E-state index in [9.17, 15) is 4.79 Å². The van der Waals surface area contributed by atoms with Gasteiger partial charge in [0.25, 0.3) is 5.91 Å². The zero-order valence-corrected chi connectivity index (χ0v) is 19.7. The van der Waals surface area contributed by atoms with Crippen LogP contribution >= 0.6 is 11.8 Å². The number of para-hydroxylation sites is 1. The van der Waals surface area contributed by atoms with Crippen LogP contribution in [0.4, 0.5) is 0 Å². The van der Waals surface area contributed by atoms with Gasteiger partial charge in [0.15, 0.2) is 0 Å². The van der Waals surface area contributed by atoms with E-state index in [2.05, 4.69) is 55.3 Å². The number of carbonyl (C=O) groups is 1. The monoisotopic (exact) mass is 435 g/mol. The smallest absolute Gasteiger partial charge is 0.252 e.